The monoisotopic (exact) mass is 206 g/mol. The molecule has 1 rings (SSSR count). The lowest BCUT2D eigenvalue weighted by molar-refractivity contribution is -0.104. The quantitative estimate of drug-likeness (QED) is 0.421. The number of ketones is 1. The molecule has 0 aromatic heterocycles. The van der Waals surface area contributed by atoms with Crippen LogP contribution in [0.25, 0.3) is 0 Å². The summed E-state index contributed by atoms with van der Waals surface area (Å²) in [4.78, 5) is 20.6. The van der Waals surface area contributed by atoms with Gasteiger partial charge in [-0.2, -0.15) is 0 Å². The molecule has 66 valence electrons. The zero-order valence-electron chi connectivity index (χ0n) is 6.10. The molecular formula is C8H8Cl2O2. The topological polar surface area (TPSA) is 34.1 Å². The Balaban J connectivity index is 0. The Morgan fingerprint density at radius 2 is 1.58 bits per heavy atom. The summed E-state index contributed by atoms with van der Waals surface area (Å²) in [6.45, 7) is 0. The molecule has 1 aromatic carbocycles. The molecule has 0 aliphatic carbocycles. The van der Waals surface area contributed by atoms with Gasteiger partial charge in [-0.25, -0.2) is 0 Å². The third kappa shape index (κ3) is 3.51. The molecule has 0 unspecified atom stereocenters. The number of carbonyl (C=O) groups excluding carboxylic acids is 2. The van der Waals surface area contributed by atoms with Crippen molar-refractivity contribution in [3.05, 3.63) is 35.9 Å². The maximum Gasteiger partial charge on any atom is 0.225 e. The Kier molecular flexibility index (Phi) is 7.80. The molecule has 0 saturated carbocycles. The van der Waals surface area contributed by atoms with Gasteiger partial charge in [0.25, 0.3) is 0 Å². The van der Waals surface area contributed by atoms with Crippen molar-refractivity contribution in [2.45, 2.75) is 0 Å². The van der Waals surface area contributed by atoms with E-state index < -0.39 is 5.78 Å². The van der Waals surface area contributed by atoms with E-state index in [2.05, 4.69) is 0 Å². The van der Waals surface area contributed by atoms with Crippen molar-refractivity contribution in [2.24, 2.45) is 0 Å². The van der Waals surface area contributed by atoms with E-state index in [1.807, 2.05) is 0 Å². The Morgan fingerprint density at radius 3 is 2.00 bits per heavy atom. The van der Waals surface area contributed by atoms with Crippen LogP contribution in [0.1, 0.15) is 10.4 Å². The SMILES string of the molecule is Cl.Cl.O=CC(=O)c1ccccc1. The number of aldehydes is 1. The lowest BCUT2D eigenvalue weighted by atomic mass is 10.1. The normalized spacial score (nSPS) is 7.33. The standard InChI is InChI=1S/C8H6O2.2ClH/c9-6-8(10)7-4-2-1-3-5-7;;/h1-6H;2*1H. The van der Waals surface area contributed by atoms with Gasteiger partial charge in [0.1, 0.15) is 0 Å². The van der Waals surface area contributed by atoms with Gasteiger partial charge >= 0.3 is 0 Å². The number of halogens is 2. The van der Waals surface area contributed by atoms with E-state index in [9.17, 15) is 9.59 Å². The zero-order chi connectivity index (χ0) is 7.40. The van der Waals surface area contributed by atoms with Crippen LogP contribution in [0.2, 0.25) is 0 Å². The number of carbonyl (C=O) groups is 2. The van der Waals surface area contributed by atoms with E-state index in [4.69, 9.17) is 0 Å². The van der Waals surface area contributed by atoms with Crippen molar-refractivity contribution < 1.29 is 9.59 Å². The molecule has 0 spiro atoms. The third-order valence-electron chi connectivity index (χ3n) is 1.17. The van der Waals surface area contributed by atoms with E-state index in [1.165, 1.54) is 0 Å². The molecule has 4 heteroatoms. The minimum Gasteiger partial charge on any atom is -0.294 e. The van der Waals surface area contributed by atoms with Gasteiger partial charge < -0.3 is 0 Å². The van der Waals surface area contributed by atoms with Crippen molar-refractivity contribution in [1.82, 2.24) is 0 Å². The molecular weight excluding hydrogens is 199 g/mol. The van der Waals surface area contributed by atoms with Crippen LogP contribution >= 0.6 is 24.8 Å². The van der Waals surface area contributed by atoms with Crippen LogP contribution in [0.15, 0.2) is 30.3 Å². The molecule has 12 heavy (non-hydrogen) atoms. The molecule has 0 saturated heterocycles. The lowest BCUT2D eigenvalue weighted by Gasteiger charge is -1.88. The van der Waals surface area contributed by atoms with E-state index in [1.54, 1.807) is 30.3 Å². The highest BCUT2D eigenvalue weighted by molar-refractivity contribution is 6.33. The molecule has 0 fully saturated rings. The summed E-state index contributed by atoms with van der Waals surface area (Å²) in [7, 11) is 0. The van der Waals surface area contributed by atoms with Gasteiger partial charge in [-0.15, -0.1) is 24.8 Å². The Labute approximate surface area is 82.8 Å². The fraction of sp³-hybridized carbons (Fsp3) is 0. The number of hydrogen-bond acceptors (Lipinski definition) is 2. The van der Waals surface area contributed by atoms with Gasteiger partial charge in [0, 0.05) is 5.56 Å². The minimum absolute atomic E-state index is 0. The average Bonchev–Trinajstić information content (AvgIpc) is 2.05. The maximum absolute atomic E-state index is 10.6. The predicted molar refractivity (Wildman–Crippen MR) is 51.3 cm³/mol. The average molecular weight is 207 g/mol. The second-order valence-corrected chi connectivity index (χ2v) is 1.85. The summed E-state index contributed by atoms with van der Waals surface area (Å²) in [5.74, 6) is -0.472. The number of hydrogen-bond donors (Lipinski definition) is 0. The summed E-state index contributed by atoms with van der Waals surface area (Å²) in [5, 5.41) is 0. The lowest BCUT2D eigenvalue weighted by Crippen LogP contribution is -1.97. The summed E-state index contributed by atoms with van der Waals surface area (Å²) >= 11 is 0. The number of benzene rings is 1. The van der Waals surface area contributed by atoms with Gasteiger partial charge in [0.15, 0.2) is 6.29 Å². The van der Waals surface area contributed by atoms with Crippen molar-refractivity contribution in [3.63, 3.8) is 0 Å². The molecule has 0 heterocycles. The van der Waals surface area contributed by atoms with Gasteiger partial charge in [0.05, 0.1) is 0 Å². The first-order valence-electron chi connectivity index (χ1n) is 2.89. The third-order valence-corrected chi connectivity index (χ3v) is 1.17. The van der Waals surface area contributed by atoms with Gasteiger partial charge in [-0.05, 0) is 0 Å². The Morgan fingerprint density at radius 1 is 1.08 bits per heavy atom. The molecule has 0 radical (unpaired) electrons. The van der Waals surface area contributed by atoms with Gasteiger partial charge in [-0.1, -0.05) is 30.3 Å². The van der Waals surface area contributed by atoms with Crippen LogP contribution in [0.5, 0.6) is 0 Å². The summed E-state index contributed by atoms with van der Waals surface area (Å²) in [6, 6.07) is 8.45. The van der Waals surface area contributed by atoms with E-state index in [0.29, 0.717) is 11.8 Å². The minimum atomic E-state index is -0.472. The molecule has 0 aliphatic heterocycles. The molecule has 0 bridgehead atoms. The van der Waals surface area contributed by atoms with Crippen molar-refractivity contribution in [3.8, 4) is 0 Å². The fourth-order valence-corrected chi connectivity index (χ4v) is 0.670. The fourth-order valence-electron chi connectivity index (χ4n) is 0.670. The molecule has 0 N–H and O–H groups in total. The van der Waals surface area contributed by atoms with Crippen LogP contribution in [-0.4, -0.2) is 12.1 Å². The molecule has 0 aliphatic rings. The van der Waals surface area contributed by atoms with Crippen LogP contribution in [0.3, 0.4) is 0 Å². The van der Waals surface area contributed by atoms with Crippen LogP contribution in [0, 0.1) is 0 Å². The maximum atomic E-state index is 10.6. The van der Waals surface area contributed by atoms with Crippen molar-refractivity contribution in [1.29, 1.82) is 0 Å². The van der Waals surface area contributed by atoms with Gasteiger partial charge in [0.2, 0.25) is 5.78 Å². The first-order chi connectivity index (χ1) is 4.84. The summed E-state index contributed by atoms with van der Waals surface area (Å²) < 4.78 is 0. The second kappa shape index (κ2) is 6.83. The van der Waals surface area contributed by atoms with Crippen LogP contribution in [0.4, 0.5) is 0 Å². The highest BCUT2D eigenvalue weighted by Crippen LogP contribution is 1.96. The molecule has 2 nitrogen and oxygen atoms in total. The molecule has 1 aromatic rings. The van der Waals surface area contributed by atoms with Crippen molar-refractivity contribution >= 4 is 36.9 Å². The molecule has 0 amide bonds. The number of rotatable bonds is 2. The predicted octanol–water partition coefficient (Wildman–Crippen LogP) is 1.91. The van der Waals surface area contributed by atoms with E-state index in [0.717, 1.165) is 0 Å². The summed E-state index contributed by atoms with van der Waals surface area (Å²) in [6.07, 6.45) is 0.315. The zero-order valence-corrected chi connectivity index (χ0v) is 7.73. The Bertz CT molecular complexity index is 246. The van der Waals surface area contributed by atoms with Crippen LogP contribution in [-0.2, 0) is 4.79 Å². The Hall–Kier alpha value is -0.860. The molecule has 0 atom stereocenters. The van der Waals surface area contributed by atoms with Crippen LogP contribution < -0.4 is 0 Å². The van der Waals surface area contributed by atoms with Gasteiger partial charge in [-0.3, -0.25) is 9.59 Å². The smallest absolute Gasteiger partial charge is 0.225 e. The van der Waals surface area contributed by atoms with E-state index >= 15 is 0 Å². The first kappa shape index (κ1) is 13.7. The summed E-state index contributed by atoms with van der Waals surface area (Å²) in [5.41, 5.74) is 0.442. The number of Topliss-reactive ketones (excluding diaryl/α,β-unsaturated/α-hetero) is 1. The van der Waals surface area contributed by atoms with Crippen molar-refractivity contribution in [2.75, 3.05) is 0 Å². The van der Waals surface area contributed by atoms with E-state index in [-0.39, 0.29) is 24.8 Å². The largest absolute Gasteiger partial charge is 0.294 e. The second-order valence-electron chi connectivity index (χ2n) is 1.85. The highest BCUT2D eigenvalue weighted by atomic mass is 35.5. The highest BCUT2D eigenvalue weighted by Gasteiger charge is 1.99. The first-order valence-corrected chi connectivity index (χ1v) is 2.89.